The fourth-order valence-electron chi connectivity index (χ4n) is 2.68. The van der Waals surface area contributed by atoms with Crippen LogP contribution in [0.2, 0.25) is 0 Å². The van der Waals surface area contributed by atoms with Crippen molar-refractivity contribution in [2.24, 2.45) is 0 Å². The van der Waals surface area contributed by atoms with Crippen molar-refractivity contribution in [3.8, 4) is 11.1 Å². The number of rotatable bonds is 5. The van der Waals surface area contributed by atoms with Crippen LogP contribution in [-0.4, -0.2) is 12.1 Å². The lowest BCUT2D eigenvalue weighted by Crippen LogP contribution is -2.17. The molecule has 0 radical (unpaired) electrons. The molecule has 0 aliphatic rings. The zero-order chi connectivity index (χ0) is 16.1. The van der Waals surface area contributed by atoms with Crippen molar-refractivity contribution < 1.29 is 9.53 Å². The van der Waals surface area contributed by atoms with Crippen molar-refractivity contribution >= 4 is 5.97 Å². The molecule has 0 bridgehead atoms. The van der Waals surface area contributed by atoms with Gasteiger partial charge in [-0.15, -0.1) is 0 Å². The van der Waals surface area contributed by atoms with Gasteiger partial charge in [-0.3, -0.25) is 0 Å². The molecule has 0 aliphatic heterocycles. The zero-order valence-corrected chi connectivity index (χ0v) is 13.8. The quantitative estimate of drug-likeness (QED) is 0.698. The lowest BCUT2D eigenvalue weighted by atomic mass is 9.95. The molecular weight excluding hydrogens is 272 g/mol. The van der Waals surface area contributed by atoms with Crippen LogP contribution in [-0.2, 0) is 4.74 Å². The van der Waals surface area contributed by atoms with Gasteiger partial charge in [0.05, 0.1) is 5.56 Å². The normalized spacial score (nSPS) is 10.8. The zero-order valence-electron chi connectivity index (χ0n) is 13.8. The molecule has 0 amide bonds. The summed E-state index contributed by atoms with van der Waals surface area (Å²) < 4.78 is 5.62. The van der Waals surface area contributed by atoms with Gasteiger partial charge in [-0.2, -0.15) is 0 Å². The average molecular weight is 296 g/mol. The van der Waals surface area contributed by atoms with E-state index in [1.807, 2.05) is 38.1 Å². The topological polar surface area (TPSA) is 26.3 Å². The number of esters is 1. The van der Waals surface area contributed by atoms with Gasteiger partial charge in [-0.05, 0) is 49.4 Å². The van der Waals surface area contributed by atoms with Gasteiger partial charge in [-0.25, -0.2) is 4.79 Å². The maximum absolute atomic E-state index is 12.5. The fraction of sp³-hybridized carbons (Fsp3) is 0.350. The SMILES string of the molecule is CCC(CC)OC(=O)c1ccccc1-c1ccc(C)cc1C. The maximum atomic E-state index is 12.5. The number of benzene rings is 2. The number of aryl methyl sites for hydroxylation is 2. The maximum Gasteiger partial charge on any atom is 0.339 e. The average Bonchev–Trinajstić information content (AvgIpc) is 2.52. The molecule has 2 aromatic rings. The van der Waals surface area contributed by atoms with E-state index in [1.165, 1.54) is 11.1 Å². The predicted molar refractivity (Wildman–Crippen MR) is 91.1 cm³/mol. The van der Waals surface area contributed by atoms with E-state index in [2.05, 4.69) is 32.0 Å². The Hall–Kier alpha value is -2.09. The summed E-state index contributed by atoms with van der Waals surface area (Å²) in [7, 11) is 0. The molecule has 0 heterocycles. The summed E-state index contributed by atoms with van der Waals surface area (Å²) in [5.41, 5.74) is 5.06. The van der Waals surface area contributed by atoms with Gasteiger partial charge in [0.2, 0.25) is 0 Å². The van der Waals surface area contributed by atoms with Crippen LogP contribution in [0.1, 0.15) is 48.2 Å². The highest BCUT2D eigenvalue weighted by Gasteiger charge is 2.17. The number of carbonyl (C=O) groups excluding carboxylic acids is 1. The molecule has 22 heavy (non-hydrogen) atoms. The van der Waals surface area contributed by atoms with E-state index in [4.69, 9.17) is 4.74 Å². The molecule has 0 fully saturated rings. The molecule has 116 valence electrons. The van der Waals surface area contributed by atoms with Gasteiger partial charge in [0.1, 0.15) is 6.10 Å². The van der Waals surface area contributed by atoms with E-state index in [9.17, 15) is 4.79 Å². The Kier molecular flexibility index (Phi) is 5.37. The Morgan fingerprint density at radius 2 is 1.68 bits per heavy atom. The first kappa shape index (κ1) is 16.3. The highest BCUT2D eigenvalue weighted by Crippen LogP contribution is 2.28. The minimum atomic E-state index is -0.232. The van der Waals surface area contributed by atoms with Crippen LogP contribution in [0.15, 0.2) is 42.5 Å². The molecular formula is C20H24O2. The second kappa shape index (κ2) is 7.26. The fourth-order valence-corrected chi connectivity index (χ4v) is 2.68. The van der Waals surface area contributed by atoms with Crippen LogP contribution in [0.3, 0.4) is 0 Å². The summed E-state index contributed by atoms with van der Waals surface area (Å²) in [6.45, 7) is 8.23. The van der Waals surface area contributed by atoms with E-state index in [1.54, 1.807) is 0 Å². The smallest absolute Gasteiger partial charge is 0.339 e. The monoisotopic (exact) mass is 296 g/mol. The molecule has 2 nitrogen and oxygen atoms in total. The number of hydrogen-bond acceptors (Lipinski definition) is 2. The van der Waals surface area contributed by atoms with Crippen LogP contribution in [0.4, 0.5) is 0 Å². The lowest BCUT2D eigenvalue weighted by molar-refractivity contribution is 0.0285. The van der Waals surface area contributed by atoms with E-state index < -0.39 is 0 Å². The molecule has 0 saturated carbocycles. The number of carbonyl (C=O) groups is 1. The van der Waals surface area contributed by atoms with Gasteiger partial charge in [0, 0.05) is 0 Å². The number of ether oxygens (including phenoxy) is 1. The molecule has 0 unspecified atom stereocenters. The minimum absolute atomic E-state index is 0.0142. The first-order chi connectivity index (χ1) is 10.6. The summed E-state index contributed by atoms with van der Waals surface area (Å²) in [4.78, 5) is 12.5. The molecule has 0 saturated heterocycles. The molecule has 0 aromatic heterocycles. The third-order valence-corrected chi connectivity index (χ3v) is 4.00. The van der Waals surface area contributed by atoms with Crippen LogP contribution in [0, 0.1) is 13.8 Å². The van der Waals surface area contributed by atoms with Crippen LogP contribution in [0.25, 0.3) is 11.1 Å². The molecule has 2 rings (SSSR count). The third-order valence-electron chi connectivity index (χ3n) is 4.00. The van der Waals surface area contributed by atoms with E-state index in [0.29, 0.717) is 5.56 Å². The molecule has 0 N–H and O–H groups in total. The van der Waals surface area contributed by atoms with E-state index >= 15 is 0 Å². The highest BCUT2D eigenvalue weighted by atomic mass is 16.5. The van der Waals surface area contributed by atoms with Gasteiger partial charge >= 0.3 is 5.97 Å². The lowest BCUT2D eigenvalue weighted by Gasteiger charge is -2.16. The van der Waals surface area contributed by atoms with Crippen molar-refractivity contribution in [2.45, 2.75) is 46.6 Å². The predicted octanol–water partition coefficient (Wildman–Crippen LogP) is 5.32. The van der Waals surface area contributed by atoms with Crippen molar-refractivity contribution in [1.82, 2.24) is 0 Å². The van der Waals surface area contributed by atoms with Crippen molar-refractivity contribution in [3.05, 3.63) is 59.2 Å². The second-order valence-corrected chi connectivity index (χ2v) is 5.71. The largest absolute Gasteiger partial charge is 0.459 e. The summed E-state index contributed by atoms with van der Waals surface area (Å²) in [5, 5.41) is 0. The van der Waals surface area contributed by atoms with Crippen molar-refractivity contribution in [2.75, 3.05) is 0 Å². The molecule has 0 spiro atoms. The minimum Gasteiger partial charge on any atom is -0.459 e. The summed E-state index contributed by atoms with van der Waals surface area (Å²) in [6, 6.07) is 14.0. The first-order valence-electron chi connectivity index (χ1n) is 7.94. The molecule has 0 atom stereocenters. The van der Waals surface area contributed by atoms with E-state index in [-0.39, 0.29) is 12.1 Å². The summed E-state index contributed by atoms with van der Waals surface area (Å²) in [6.07, 6.45) is 1.67. The Morgan fingerprint density at radius 3 is 2.32 bits per heavy atom. The Bertz CT molecular complexity index is 655. The van der Waals surface area contributed by atoms with Gasteiger partial charge in [-0.1, -0.05) is 55.8 Å². The first-order valence-corrected chi connectivity index (χ1v) is 7.94. The highest BCUT2D eigenvalue weighted by molar-refractivity contribution is 5.97. The molecule has 2 aromatic carbocycles. The van der Waals surface area contributed by atoms with E-state index in [0.717, 1.165) is 24.0 Å². The Morgan fingerprint density at radius 1 is 1.00 bits per heavy atom. The Labute approximate surface area is 133 Å². The summed E-state index contributed by atoms with van der Waals surface area (Å²) in [5.74, 6) is -0.232. The van der Waals surface area contributed by atoms with Crippen LogP contribution < -0.4 is 0 Å². The summed E-state index contributed by atoms with van der Waals surface area (Å²) >= 11 is 0. The molecule has 2 heteroatoms. The standard InChI is InChI=1S/C20H24O2/c1-5-16(6-2)22-20(21)19-10-8-7-9-18(19)17-12-11-14(3)13-15(17)4/h7-13,16H,5-6H2,1-4H3. The van der Waals surface area contributed by atoms with Crippen LogP contribution in [0.5, 0.6) is 0 Å². The van der Waals surface area contributed by atoms with Gasteiger partial charge < -0.3 is 4.74 Å². The van der Waals surface area contributed by atoms with Crippen molar-refractivity contribution in [1.29, 1.82) is 0 Å². The molecule has 0 aliphatic carbocycles. The van der Waals surface area contributed by atoms with Crippen molar-refractivity contribution in [3.63, 3.8) is 0 Å². The van der Waals surface area contributed by atoms with Gasteiger partial charge in [0.25, 0.3) is 0 Å². The second-order valence-electron chi connectivity index (χ2n) is 5.71. The van der Waals surface area contributed by atoms with Gasteiger partial charge in [0.15, 0.2) is 0 Å². The third kappa shape index (κ3) is 3.56. The Balaban J connectivity index is 2.40. The number of hydrogen-bond donors (Lipinski definition) is 0. The van der Waals surface area contributed by atoms with Crippen LogP contribution >= 0.6 is 0 Å².